The van der Waals surface area contributed by atoms with Crippen molar-refractivity contribution in [3.05, 3.63) is 34.7 Å². The van der Waals surface area contributed by atoms with Crippen LogP contribution in [0.4, 0.5) is 5.13 Å². The molecule has 1 atom stereocenters. The number of aliphatic hydroxyl groups is 1. The predicted octanol–water partition coefficient (Wildman–Crippen LogP) is 7.71. The minimum absolute atomic E-state index is 0.234. The molecule has 0 radical (unpaired) electrons. The Labute approximate surface area is 205 Å². The number of aliphatic hydroxyl groups excluding tert-OH is 1. The number of aromatic nitrogens is 1. The fraction of sp³-hybridized carbons (Fsp3) is 0.690. The molecule has 33 heavy (non-hydrogen) atoms. The third kappa shape index (κ3) is 5.82. The lowest BCUT2D eigenvalue weighted by Gasteiger charge is -2.42. The summed E-state index contributed by atoms with van der Waals surface area (Å²) in [5.74, 6) is 0.856. The van der Waals surface area contributed by atoms with Gasteiger partial charge in [-0.3, -0.25) is 0 Å². The molecule has 2 heterocycles. The van der Waals surface area contributed by atoms with Gasteiger partial charge in [-0.2, -0.15) is 0 Å². The highest BCUT2D eigenvalue weighted by atomic mass is 32.1. The van der Waals surface area contributed by atoms with Crippen molar-refractivity contribution in [2.24, 2.45) is 5.92 Å². The van der Waals surface area contributed by atoms with E-state index in [2.05, 4.69) is 56.2 Å². The summed E-state index contributed by atoms with van der Waals surface area (Å²) in [4.78, 5) is 7.65. The number of hydrogen-bond acceptors (Lipinski definition) is 4. The lowest BCUT2D eigenvalue weighted by Crippen LogP contribution is -2.33. The van der Waals surface area contributed by atoms with E-state index in [-0.39, 0.29) is 10.8 Å². The summed E-state index contributed by atoms with van der Waals surface area (Å²) in [6.07, 6.45) is 12.5. The first-order chi connectivity index (χ1) is 15.8. The van der Waals surface area contributed by atoms with E-state index in [1.54, 1.807) is 0 Å². The van der Waals surface area contributed by atoms with Gasteiger partial charge in [0.15, 0.2) is 5.13 Å². The Bertz CT molecular complexity index is 916. The molecule has 0 bridgehead atoms. The van der Waals surface area contributed by atoms with Gasteiger partial charge in [-0.15, -0.1) is 11.3 Å². The molecule has 4 rings (SSSR count). The number of nitrogens with zero attached hydrogens (tertiary/aromatic N) is 2. The van der Waals surface area contributed by atoms with Crippen LogP contribution >= 0.6 is 11.3 Å². The summed E-state index contributed by atoms with van der Waals surface area (Å²) in [7, 11) is 0. The maximum Gasteiger partial charge on any atom is 0.185 e. The first kappa shape index (κ1) is 24.7. The lowest BCUT2D eigenvalue weighted by atomic mass is 9.63. The Hall–Kier alpha value is -1.39. The molecule has 182 valence electrons. The van der Waals surface area contributed by atoms with Crippen molar-refractivity contribution in [1.29, 1.82) is 0 Å². The number of fused-ring (bicyclic) bond motifs is 1. The second kappa shape index (κ2) is 10.5. The van der Waals surface area contributed by atoms with Gasteiger partial charge in [-0.25, -0.2) is 4.98 Å². The molecule has 1 aromatic carbocycles. The van der Waals surface area contributed by atoms with Crippen LogP contribution in [0.25, 0.3) is 11.3 Å². The van der Waals surface area contributed by atoms with Gasteiger partial charge in [0, 0.05) is 30.6 Å². The van der Waals surface area contributed by atoms with Crippen molar-refractivity contribution < 1.29 is 5.11 Å². The number of thiazole rings is 1. The van der Waals surface area contributed by atoms with E-state index < -0.39 is 0 Å². The molecule has 3 nitrogen and oxygen atoms in total. The second-order valence-electron chi connectivity index (χ2n) is 11.8. The molecule has 2 aromatic rings. The molecule has 1 N–H and O–H groups in total. The number of rotatable bonds is 8. The van der Waals surface area contributed by atoms with Crippen LogP contribution in [0.2, 0.25) is 0 Å². The molecule has 1 saturated heterocycles. The van der Waals surface area contributed by atoms with E-state index in [1.165, 1.54) is 79.6 Å². The minimum atomic E-state index is 0.234. The van der Waals surface area contributed by atoms with E-state index in [9.17, 15) is 0 Å². The molecule has 1 aromatic heterocycles. The van der Waals surface area contributed by atoms with Gasteiger partial charge in [-0.1, -0.05) is 65.5 Å². The van der Waals surface area contributed by atoms with Gasteiger partial charge in [0.1, 0.15) is 0 Å². The van der Waals surface area contributed by atoms with Crippen LogP contribution in [0, 0.1) is 5.92 Å². The number of anilines is 1. The smallest absolute Gasteiger partial charge is 0.185 e. The minimum Gasteiger partial charge on any atom is -0.396 e. The summed E-state index contributed by atoms with van der Waals surface area (Å²) in [5.41, 5.74) is 5.95. The van der Waals surface area contributed by atoms with E-state index in [1.807, 2.05) is 11.3 Å². The predicted molar refractivity (Wildman–Crippen MR) is 143 cm³/mol. The van der Waals surface area contributed by atoms with Crippen molar-refractivity contribution >= 4 is 16.5 Å². The average Bonchev–Trinajstić information content (AvgIpc) is 3.17. The number of unbranched alkanes of at least 4 members (excludes halogenated alkanes) is 3. The fourth-order valence-electron chi connectivity index (χ4n) is 5.83. The normalized spacial score (nSPS) is 22.1. The van der Waals surface area contributed by atoms with Crippen LogP contribution in [-0.2, 0) is 10.8 Å². The molecule has 2 aliphatic rings. The standard InChI is InChI=1S/C29H44N2OS/c1-28(2)15-16-29(3,4)25-20-23(12-13-24(25)28)26-21-33-27(30-26)31-17-9-11-22(14-18-31)10-7-5-6-8-19-32/h12-13,20-22,32H,5-11,14-19H2,1-4H3. The zero-order valence-corrected chi connectivity index (χ0v) is 22.1. The van der Waals surface area contributed by atoms with Crippen molar-refractivity contribution in [2.75, 3.05) is 24.6 Å². The van der Waals surface area contributed by atoms with Gasteiger partial charge < -0.3 is 10.0 Å². The van der Waals surface area contributed by atoms with Crippen LogP contribution in [0.15, 0.2) is 23.6 Å². The highest BCUT2D eigenvalue weighted by molar-refractivity contribution is 7.14. The van der Waals surface area contributed by atoms with Crippen LogP contribution < -0.4 is 4.90 Å². The first-order valence-corrected chi connectivity index (χ1v) is 14.1. The van der Waals surface area contributed by atoms with Crippen molar-refractivity contribution in [1.82, 2.24) is 4.98 Å². The van der Waals surface area contributed by atoms with Gasteiger partial charge in [-0.05, 0) is 72.5 Å². The summed E-state index contributed by atoms with van der Waals surface area (Å²) >= 11 is 1.82. The molecule has 4 heteroatoms. The summed E-state index contributed by atoms with van der Waals surface area (Å²) in [6, 6.07) is 7.11. The third-order valence-electron chi connectivity index (χ3n) is 8.28. The molecule has 0 amide bonds. The molecule has 0 saturated carbocycles. The largest absolute Gasteiger partial charge is 0.396 e. The highest BCUT2D eigenvalue weighted by Crippen LogP contribution is 2.47. The molecule has 1 unspecified atom stereocenters. The van der Waals surface area contributed by atoms with Gasteiger partial charge >= 0.3 is 0 Å². The van der Waals surface area contributed by atoms with E-state index in [0.29, 0.717) is 6.61 Å². The molecule has 0 spiro atoms. The summed E-state index contributed by atoms with van der Waals surface area (Å²) in [5, 5.41) is 12.4. The van der Waals surface area contributed by atoms with Crippen molar-refractivity contribution in [3.63, 3.8) is 0 Å². The molecular weight excluding hydrogens is 424 g/mol. The van der Waals surface area contributed by atoms with Gasteiger partial charge in [0.05, 0.1) is 5.69 Å². The van der Waals surface area contributed by atoms with Crippen molar-refractivity contribution in [2.45, 2.75) is 103 Å². The number of benzene rings is 1. The van der Waals surface area contributed by atoms with Gasteiger partial charge in [0.2, 0.25) is 0 Å². The van der Waals surface area contributed by atoms with Crippen LogP contribution in [-0.4, -0.2) is 29.8 Å². The Morgan fingerprint density at radius 2 is 1.73 bits per heavy atom. The van der Waals surface area contributed by atoms with Gasteiger partial charge in [0.25, 0.3) is 0 Å². The Kier molecular flexibility index (Phi) is 7.85. The van der Waals surface area contributed by atoms with E-state index in [4.69, 9.17) is 10.1 Å². The van der Waals surface area contributed by atoms with Crippen LogP contribution in [0.1, 0.15) is 103 Å². The molecule has 1 fully saturated rings. The monoisotopic (exact) mass is 468 g/mol. The topological polar surface area (TPSA) is 36.4 Å². The zero-order chi connectivity index (χ0) is 23.5. The Balaban J connectivity index is 1.41. The van der Waals surface area contributed by atoms with E-state index >= 15 is 0 Å². The Morgan fingerprint density at radius 1 is 0.970 bits per heavy atom. The molecule has 1 aliphatic heterocycles. The maximum atomic E-state index is 8.95. The molecular formula is C29H44N2OS. The van der Waals surface area contributed by atoms with Crippen LogP contribution in [0.5, 0.6) is 0 Å². The second-order valence-corrected chi connectivity index (χ2v) is 12.6. The first-order valence-electron chi connectivity index (χ1n) is 13.3. The van der Waals surface area contributed by atoms with Crippen LogP contribution in [0.3, 0.4) is 0 Å². The molecule has 1 aliphatic carbocycles. The summed E-state index contributed by atoms with van der Waals surface area (Å²) in [6.45, 7) is 12.2. The fourth-order valence-corrected chi connectivity index (χ4v) is 6.72. The zero-order valence-electron chi connectivity index (χ0n) is 21.3. The maximum absolute atomic E-state index is 8.95. The third-order valence-corrected chi connectivity index (χ3v) is 9.18. The summed E-state index contributed by atoms with van der Waals surface area (Å²) < 4.78 is 0. The average molecular weight is 469 g/mol. The number of hydrogen-bond donors (Lipinski definition) is 1. The van der Waals surface area contributed by atoms with Crippen molar-refractivity contribution in [3.8, 4) is 11.3 Å². The lowest BCUT2D eigenvalue weighted by molar-refractivity contribution is 0.281. The SMILES string of the molecule is CC1(C)CCC(C)(C)c2cc(-c3csc(N4CCCC(CCCCCCO)CC4)n3)ccc21. The Morgan fingerprint density at radius 3 is 2.52 bits per heavy atom. The van der Waals surface area contributed by atoms with E-state index in [0.717, 1.165) is 31.1 Å². The highest BCUT2D eigenvalue weighted by Gasteiger charge is 2.37. The quantitative estimate of drug-likeness (QED) is 0.403.